The maximum Gasteiger partial charge on any atom is 0.255 e. The van der Waals surface area contributed by atoms with Crippen molar-refractivity contribution in [2.75, 3.05) is 5.32 Å². The Hall–Kier alpha value is -3.58. The number of rotatable bonds is 6. The highest BCUT2D eigenvalue weighted by Crippen LogP contribution is 2.26. The van der Waals surface area contributed by atoms with E-state index in [1.807, 2.05) is 6.07 Å². The van der Waals surface area contributed by atoms with Crippen LogP contribution in [0.1, 0.15) is 52.0 Å². The molecule has 7 heteroatoms. The maximum atomic E-state index is 13.8. The molecular formula is C27H27F2N3O2. The number of benzene rings is 3. The van der Waals surface area contributed by atoms with Gasteiger partial charge < -0.3 is 16.0 Å². The first-order valence-corrected chi connectivity index (χ1v) is 11.4. The number of carbonyl (C=O) groups is 2. The molecule has 1 saturated carbocycles. The van der Waals surface area contributed by atoms with Crippen molar-refractivity contribution in [1.29, 1.82) is 0 Å². The van der Waals surface area contributed by atoms with Crippen LogP contribution in [0.15, 0.2) is 72.8 Å². The molecule has 0 spiro atoms. The molecule has 3 aromatic rings. The van der Waals surface area contributed by atoms with E-state index in [1.165, 1.54) is 42.5 Å². The highest BCUT2D eigenvalue weighted by molar-refractivity contribution is 6.04. The summed E-state index contributed by atoms with van der Waals surface area (Å²) in [5.74, 6) is -1.67. The summed E-state index contributed by atoms with van der Waals surface area (Å²) in [7, 11) is 0. The van der Waals surface area contributed by atoms with E-state index in [0.717, 1.165) is 31.2 Å². The monoisotopic (exact) mass is 463 g/mol. The zero-order chi connectivity index (χ0) is 24.1. The second-order valence-corrected chi connectivity index (χ2v) is 8.62. The molecule has 4 rings (SSSR count). The first kappa shape index (κ1) is 23.6. The summed E-state index contributed by atoms with van der Waals surface area (Å²) in [5.41, 5.74) is 8.19. The van der Waals surface area contributed by atoms with Gasteiger partial charge in [0.15, 0.2) is 0 Å². The number of nitrogens with two attached hydrogens (primary N) is 1. The molecule has 0 radical (unpaired) electrons. The molecule has 1 aliphatic rings. The van der Waals surface area contributed by atoms with E-state index >= 15 is 0 Å². The molecule has 0 aromatic heterocycles. The quantitative estimate of drug-likeness (QED) is 0.532. The zero-order valence-electron chi connectivity index (χ0n) is 18.7. The Morgan fingerprint density at radius 1 is 0.882 bits per heavy atom. The van der Waals surface area contributed by atoms with Crippen LogP contribution in [0.3, 0.4) is 0 Å². The van der Waals surface area contributed by atoms with Crippen LogP contribution in [0.5, 0.6) is 0 Å². The number of hydrogen-bond donors (Lipinski definition) is 2. The standard InChI is InChI=1S/C27H27F2N3O2/c28-21-9-4-7-19(15-21)26(33)31-23-11-3-6-18(14-23)17-32(25-13-2-1-12-24(25)30)27(34)20-8-5-10-22(29)16-20/h3-11,14-16,24-25H,1-2,12-13,17,30H2,(H,31,33). The summed E-state index contributed by atoms with van der Waals surface area (Å²) in [6.07, 6.45) is 3.58. The fourth-order valence-corrected chi connectivity index (χ4v) is 4.43. The molecule has 34 heavy (non-hydrogen) atoms. The van der Waals surface area contributed by atoms with Crippen LogP contribution in [0.4, 0.5) is 14.5 Å². The number of nitrogens with zero attached hydrogens (tertiary/aromatic N) is 1. The number of anilines is 1. The molecule has 2 amide bonds. The van der Waals surface area contributed by atoms with Gasteiger partial charge in [0.25, 0.3) is 11.8 Å². The smallest absolute Gasteiger partial charge is 0.255 e. The van der Waals surface area contributed by atoms with Gasteiger partial charge in [-0.25, -0.2) is 8.78 Å². The third-order valence-corrected chi connectivity index (χ3v) is 6.14. The van der Waals surface area contributed by atoms with Crippen LogP contribution in [0, 0.1) is 11.6 Å². The summed E-state index contributed by atoms with van der Waals surface area (Å²) in [6, 6.07) is 17.9. The fraction of sp³-hybridized carbons (Fsp3) is 0.259. The average Bonchev–Trinajstić information content (AvgIpc) is 2.83. The lowest BCUT2D eigenvalue weighted by Crippen LogP contribution is -2.51. The predicted octanol–water partition coefficient (Wildman–Crippen LogP) is 5.13. The van der Waals surface area contributed by atoms with Crippen molar-refractivity contribution in [2.45, 2.75) is 44.3 Å². The third-order valence-electron chi connectivity index (χ3n) is 6.14. The van der Waals surface area contributed by atoms with Gasteiger partial charge in [-0.3, -0.25) is 9.59 Å². The molecule has 1 aliphatic carbocycles. The topological polar surface area (TPSA) is 75.4 Å². The van der Waals surface area contributed by atoms with Crippen LogP contribution in [0.25, 0.3) is 0 Å². The molecule has 0 heterocycles. The first-order chi connectivity index (χ1) is 16.4. The van der Waals surface area contributed by atoms with Gasteiger partial charge in [0.1, 0.15) is 11.6 Å². The van der Waals surface area contributed by atoms with Gasteiger partial charge >= 0.3 is 0 Å². The van der Waals surface area contributed by atoms with E-state index in [1.54, 1.807) is 29.2 Å². The molecular weight excluding hydrogens is 436 g/mol. The molecule has 2 unspecified atom stereocenters. The van der Waals surface area contributed by atoms with Crippen LogP contribution in [0.2, 0.25) is 0 Å². The lowest BCUT2D eigenvalue weighted by atomic mass is 9.89. The van der Waals surface area contributed by atoms with Crippen molar-refractivity contribution in [2.24, 2.45) is 5.73 Å². The maximum absolute atomic E-state index is 13.8. The highest BCUT2D eigenvalue weighted by Gasteiger charge is 2.31. The van der Waals surface area contributed by atoms with Crippen LogP contribution in [-0.4, -0.2) is 28.8 Å². The summed E-state index contributed by atoms with van der Waals surface area (Å²) in [6.45, 7) is 0.261. The Morgan fingerprint density at radius 3 is 2.24 bits per heavy atom. The molecule has 3 aromatic carbocycles. The van der Waals surface area contributed by atoms with E-state index in [0.29, 0.717) is 5.69 Å². The Balaban J connectivity index is 1.57. The van der Waals surface area contributed by atoms with Crippen molar-refractivity contribution < 1.29 is 18.4 Å². The van der Waals surface area contributed by atoms with E-state index in [9.17, 15) is 18.4 Å². The van der Waals surface area contributed by atoms with Gasteiger partial charge in [0.05, 0.1) is 0 Å². The van der Waals surface area contributed by atoms with Crippen LogP contribution in [-0.2, 0) is 6.54 Å². The Bertz CT molecular complexity index is 1180. The summed E-state index contributed by atoms with van der Waals surface area (Å²) >= 11 is 0. The SMILES string of the molecule is NC1CCCCC1N(Cc1cccc(NC(=O)c2cccc(F)c2)c1)C(=O)c1cccc(F)c1. The van der Waals surface area contributed by atoms with Gasteiger partial charge in [-0.05, 0) is 66.9 Å². The second-order valence-electron chi connectivity index (χ2n) is 8.62. The summed E-state index contributed by atoms with van der Waals surface area (Å²) in [4.78, 5) is 27.7. The molecule has 0 aliphatic heterocycles. The minimum Gasteiger partial charge on any atom is -0.330 e. The number of amides is 2. The van der Waals surface area contributed by atoms with Gasteiger partial charge in [0.2, 0.25) is 0 Å². The number of hydrogen-bond acceptors (Lipinski definition) is 3. The molecule has 5 nitrogen and oxygen atoms in total. The minimum atomic E-state index is -0.489. The predicted molar refractivity (Wildman–Crippen MR) is 127 cm³/mol. The highest BCUT2D eigenvalue weighted by atomic mass is 19.1. The fourth-order valence-electron chi connectivity index (χ4n) is 4.43. The minimum absolute atomic E-state index is 0.165. The van der Waals surface area contributed by atoms with E-state index in [2.05, 4.69) is 5.32 Å². The molecule has 3 N–H and O–H groups in total. The molecule has 176 valence electrons. The Labute approximate surface area is 197 Å². The molecule has 0 saturated heterocycles. The van der Waals surface area contributed by atoms with E-state index < -0.39 is 17.5 Å². The van der Waals surface area contributed by atoms with E-state index in [4.69, 9.17) is 5.73 Å². The van der Waals surface area contributed by atoms with Crippen LogP contribution < -0.4 is 11.1 Å². The molecule has 0 bridgehead atoms. The summed E-state index contributed by atoms with van der Waals surface area (Å²) in [5, 5.41) is 2.77. The van der Waals surface area contributed by atoms with Crippen molar-refractivity contribution in [3.8, 4) is 0 Å². The van der Waals surface area contributed by atoms with Crippen molar-refractivity contribution in [1.82, 2.24) is 4.90 Å². The van der Waals surface area contributed by atoms with E-state index in [-0.39, 0.29) is 35.7 Å². The number of nitrogens with one attached hydrogen (secondary N) is 1. The lowest BCUT2D eigenvalue weighted by Gasteiger charge is -2.38. The van der Waals surface area contributed by atoms with Crippen LogP contribution >= 0.6 is 0 Å². The molecule has 2 atom stereocenters. The average molecular weight is 464 g/mol. The van der Waals surface area contributed by atoms with Crippen molar-refractivity contribution in [3.05, 3.63) is 101 Å². The van der Waals surface area contributed by atoms with Gasteiger partial charge in [-0.1, -0.05) is 37.1 Å². The lowest BCUT2D eigenvalue weighted by molar-refractivity contribution is 0.0583. The van der Waals surface area contributed by atoms with Crippen molar-refractivity contribution >= 4 is 17.5 Å². The van der Waals surface area contributed by atoms with Gasteiger partial charge in [0, 0.05) is 35.4 Å². The molecule has 1 fully saturated rings. The zero-order valence-corrected chi connectivity index (χ0v) is 18.7. The number of carbonyl (C=O) groups excluding carboxylic acids is 2. The summed E-state index contributed by atoms with van der Waals surface area (Å²) < 4.78 is 27.3. The van der Waals surface area contributed by atoms with Gasteiger partial charge in [-0.2, -0.15) is 0 Å². The first-order valence-electron chi connectivity index (χ1n) is 11.4. The second kappa shape index (κ2) is 10.6. The third kappa shape index (κ3) is 5.66. The number of halogens is 2. The van der Waals surface area contributed by atoms with Crippen molar-refractivity contribution in [3.63, 3.8) is 0 Å². The normalized spacial score (nSPS) is 17.7. The Morgan fingerprint density at radius 2 is 1.53 bits per heavy atom. The Kier molecular flexibility index (Phi) is 7.33. The van der Waals surface area contributed by atoms with Gasteiger partial charge in [-0.15, -0.1) is 0 Å². The largest absolute Gasteiger partial charge is 0.330 e.